The first-order valence-electron chi connectivity index (χ1n) is 5.19. The Morgan fingerprint density at radius 2 is 1.79 bits per heavy atom. The molecule has 0 fully saturated rings. The molecule has 1 atom stereocenters. The van der Waals surface area contributed by atoms with Crippen LogP contribution in [-0.4, -0.2) is 49.5 Å². The lowest BCUT2D eigenvalue weighted by molar-refractivity contribution is -0.432. The summed E-state index contributed by atoms with van der Waals surface area (Å²) in [6, 6.07) is 0. The fourth-order valence-corrected chi connectivity index (χ4v) is 1.53. The average molecular weight is 304 g/mol. The Kier molecular flexibility index (Phi) is 11.5. The zero-order valence-electron chi connectivity index (χ0n) is 9.88. The smallest absolute Gasteiger partial charge is 0.310 e. The molecule has 0 heterocycles. The highest BCUT2D eigenvalue weighted by atomic mass is 32.2. The van der Waals surface area contributed by atoms with E-state index in [1.807, 2.05) is 0 Å². The maximum absolute atomic E-state index is 11.9. The predicted octanol–water partition coefficient (Wildman–Crippen LogP) is 1.09. The summed E-state index contributed by atoms with van der Waals surface area (Å²) in [5.74, 6) is -2.72. The summed E-state index contributed by atoms with van der Waals surface area (Å²) in [4.78, 5) is 22.7. The topological polar surface area (TPSA) is 91.3 Å². The van der Waals surface area contributed by atoms with Gasteiger partial charge in [-0.25, -0.2) is 14.0 Å². The van der Waals surface area contributed by atoms with Crippen molar-refractivity contribution in [2.24, 2.45) is 5.92 Å². The summed E-state index contributed by atoms with van der Waals surface area (Å²) in [7, 11) is 0. The quantitative estimate of drug-likeness (QED) is 0.199. The number of carbonyl (C=O) groups excluding carboxylic acids is 2. The maximum atomic E-state index is 11.9. The Bertz CT molecular complexity index is 267. The molecule has 0 bridgehead atoms. The number of ether oxygens (including phenoxy) is 2. The fourth-order valence-electron chi connectivity index (χ4n) is 1.01. The Hall–Kier alpha value is -0.970. The van der Waals surface area contributed by atoms with Gasteiger partial charge in [-0.3, -0.25) is 9.59 Å². The van der Waals surface area contributed by atoms with E-state index in [2.05, 4.69) is 18.8 Å². The zero-order valence-corrected chi connectivity index (χ0v) is 10.7. The van der Waals surface area contributed by atoms with Crippen LogP contribution in [0.4, 0.5) is 8.78 Å². The van der Waals surface area contributed by atoms with Gasteiger partial charge in [0.05, 0.1) is 12.3 Å². The molecule has 0 radical (unpaired) electrons. The molecule has 1 N–H and O–H groups in total. The Morgan fingerprint density at radius 3 is 2.37 bits per heavy atom. The van der Waals surface area contributed by atoms with E-state index < -0.39 is 44.4 Å². The van der Waals surface area contributed by atoms with Gasteiger partial charge in [-0.1, -0.05) is 5.04 Å². The van der Waals surface area contributed by atoms with Crippen LogP contribution in [0.3, 0.4) is 0 Å². The summed E-state index contributed by atoms with van der Waals surface area (Å²) in [5.41, 5.74) is 0. The third-order valence-corrected chi connectivity index (χ3v) is 2.45. The molecule has 0 aliphatic rings. The average Bonchev–Trinajstić information content (AvgIpc) is 2.41. The number of carbonyl (C=O) groups is 2. The standard InChI is InChI=1S/C9H14F2O7S/c10-1-3-15-8(12)5-7(6-19-18-17-14)9(13)16-4-2-11/h7,14H,1-6H2. The van der Waals surface area contributed by atoms with Crippen LogP contribution in [0.2, 0.25) is 0 Å². The van der Waals surface area contributed by atoms with E-state index in [-0.39, 0.29) is 12.2 Å². The molecule has 0 saturated carbocycles. The molecule has 0 aromatic rings. The fraction of sp³-hybridized carbons (Fsp3) is 0.778. The summed E-state index contributed by atoms with van der Waals surface area (Å²) in [5, 5.41) is 11.2. The summed E-state index contributed by atoms with van der Waals surface area (Å²) < 4.78 is 36.7. The van der Waals surface area contributed by atoms with E-state index in [1.165, 1.54) is 0 Å². The number of alkyl halides is 2. The molecular formula is C9H14F2O7S. The van der Waals surface area contributed by atoms with Gasteiger partial charge in [0.25, 0.3) is 0 Å². The predicted molar refractivity (Wildman–Crippen MR) is 59.2 cm³/mol. The van der Waals surface area contributed by atoms with Crippen molar-refractivity contribution in [3.63, 3.8) is 0 Å². The number of esters is 2. The van der Waals surface area contributed by atoms with Crippen LogP contribution in [0.25, 0.3) is 0 Å². The van der Waals surface area contributed by atoms with E-state index in [4.69, 9.17) is 5.26 Å². The molecule has 10 heteroatoms. The Balaban J connectivity index is 4.22. The molecule has 0 aromatic carbocycles. The van der Waals surface area contributed by atoms with Crippen molar-refractivity contribution in [1.82, 2.24) is 0 Å². The van der Waals surface area contributed by atoms with Gasteiger partial charge in [0, 0.05) is 17.8 Å². The molecule has 0 aliphatic heterocycles. The number of hydrogen-bond acceptors (Lipinski definition) is 8. The summed E-state index contributed by atoms with van der Waals surface area (Å²) in [6.07, 6.45) is -0.382. The Morgan fingerprint density at radius 1 is 1.16 bits per heavy atom. The molecule has 19 heavy (non-hydrogen) atoms. The Labute approximate surface area is 112 Å². The summed E-state index contributed by atoms with van der Waals surface area (Å²) >= 11 is 0.540. The zero-order chi connectivity index (χ0) is 14.5. The van der Waals surface area contributed by atoms with Crippen LogP contribution in [0, 0.1) is 5.92 Å². The van der Waals surface area contributed by atoms with Gasteiger partial charge in [-0.2, -0.15) is 0 Å². The highest BCUT2D eigenvalue weighted by Gasteiger charge is 2.25. The van der Waals surface area contributed by atoms with Gasteiger partial charge >= 0.3 is 11.9 Å². The van der Waals surface area contributed by atoms with E-state index in [0.29, 0.717) is 12.0 Å². The van der Waals surface area contributed by atoms with Crippen LogP contribution in [0.1, 0.15) is 6.42 Å². The lowest BCUT2D eigenvalue weighted by atomic mass is 10.1. The van der Waals surface area contributed by atoms with E-state index in [1.54, 1.807) is 0 Å². The normalized spacial score (nSPS) is 11.9. The molecule has 0 rings (SSSR count). The molecule has 112 valence electrons. The first-order valence-corrected chi connectivity index (χ1v) is 6.10. The van der Waals surface area contributed by atoms with Crippen LogP contribution >= 0.6 is 12.0 Å². The third kappa shape index (κ3) is 9.59. The number of halogens is 2. The van der Waals surface area contributed by atoms with Gasteiger partial charge in [0.15, 0.2) is 0 Å². The molecule has 0 amide bonds. The van der Waals surface area contributed by atoms with Crippen molar-refractivity contribution >= 4 is 24.0 Å². The van der Waals surface area contributed by atoms with Crippen molar-refractivity contribution in [2.75, 3.05) is 32.3 Å². The maximum Gasteiger partial charge on any atom is 0.310 e. The molecule has 0 aliphatic carbocycles. The van der Waals surface area contributed by atoms with E-state index in [0.717, 1.165) is 0 Å². The van der Waals surface area contributed by atoms with Crippen LogP contribution < -0.4 is 0 Å². The lowest BCUT2D eigenvalue weighted by Crippen LogP contribution is -2.25. The molecular weight excluding hydrogens is 290 g/mol. The minimum absolute atomic E-state index is 0.101. The highest BCUT2D eigenvalue weighted by molar-refractivity contribution is 7.94. The van der Waals surface area contributed by atoms with Crippen LogP contribution in [0.5, 0.6) is 0 Å². The van der Waals surface area contributed by atoms with Crippen molar-refractivity contribution in [3.8, 4) is 0 Å². The second kappa shape index (κ2) is 12.1. The van der Waals surface area contributed by atoms with Gasteiger partial charge in [0.1, 0.15) is 26.6 Å². The first-order chi connectivity index (χ1) is 9.15. The summed E-state index contributed by atoms with van der Waals surface area (Å²) in [6.45, 7) is -2.53. The number of rotatable bonds is 11. The second-order valence-electron chi connectivity index (χ2n) is 3.09. The molecule has 7 nitrogen and oxygen atoms in total. The van der Waals surface area contributed by atoms with Crippen molar-refractivity contribution < 1.29 is 42.5 Å². The molecule has 0 aromatic heterocycles. The largest absolute Gasteiger partial charge is 0.463 e. The monoisotopic (exact) mass is 304 g/mol. The van der Waals surface area contributed by atoms with Gasteiger partial charge in [-0.05, 0) is 0 Å². The minimum atomic E-state index is -0.987. The first kappa shape index (κ1) is 18.0. The minimum Gasteiger partial charge on any atom is -0.463 e. The SMILES string of the molecule is O=C(CC(CSOOO)C(=O)OCCF)OCCF. The molecule has 0 spiro atoms. The van der Waals surface area contributed by atoms with E-state index in [9.17, 15) is 18.4 Å². The van der Waals surface area contributed by atoms with Crippen LogP contribution in [0.15, 0.2) is 0 Å². The van der Waals surface area contributed by atoms with Gasteiger partial charge < -0.3 is 9.47 Å². The van der Waals surface area contributed by atoms with Crippen molar-refractivity contribution in [3.05, 3.63) is 0 Å². The highest BCUT2D eigenvalue weighted by Crippen LogP contribution is 2.16. The van der Waals surface area contributed by atoms with Crippen molar-refractivity contribution in [1.29, 1.82) is 0 Å². The van der Waals surface area contributed by atoms with Crippen molar-refractivity contribution in [2.45, 2.75) is 6.42 Å². The van der Waals surface area contributed by atoms with Gasteiger partial charge in [-0.15, -0.1) is 4.33 Å². The van der Waals surface area contributed by atoms with E-state index >= 15 is 0 Å². The molecule has 0 saturated heterocycles. The molecule has 1 unspecified atom stereocenters. The second-order valence-corrected chi connectivity index (χ2v) is 3.80. The number of hydrogen-bond donors (Lipinski definition) is 1. The van der Waals surface area contributed by atoms with Gasteiger partial charge in [0.2, 0.25) is 0 Å². The van der Waals surface area contributed by atoms with Crippen LogP contribution in [-0.2, 0) is 28.4 Å². The third-order valence-electron chi connectivity index (χ3n) is 1.76. The lowest BCUT2D eigenvalue weighted by Gasteiger charge is -2.13.